The van der Waals surface area contributed by atoms with Crippen LogP contribution in [0.2, 0.25) is 0 Å². The molecule has 0 atom stereocenters. The maximum absolute atomic E-state index is 12.3. The van der Waals surface area contributed by atoms with Gasteiger partial charge >= 0.3 is 0 Å². The van der Waals surface area contributed by atoms with E-state index in [-0.39, 0.29) is 9.80 Å². The van der Waals surface area contributed by atoms with E-state index < -0.39 is 9.84 Å². The number of aryl methyl sites for hydroxylation is 1. The lowest BCUT2D eigenvalue weighted by atomic mass is 10.2. The van der Waals surface area contributed by atoms with Gasteiger partial charge in [0.05, 0.1) is 4.90 Å². The summed E-state index contributed by atoms with van der Waals surface area (Å²) in [6, 6.07) is 11.8. The molecule has 1 heterocycles. The minimum absolute atomic E-state index is 0.141. The van der Waals surface area contributed by atoms with Crippen LogP contribution in [-0.2, 0) is 9.84 Å². The summed E-state index contributed by atoms with van der Waals surface area (Å²) in [6.45, 7) is 1.88. The monoisotopic (exact) mass is 289 g/mol. The summed E-state index contributed by atoms with van der Waals surface area (Å²) < 4.78 is 24.6. The fourth-order valence-electron chi connectivity index (χ4n) is 1.52. The fraction of sp³-hybridized carbons (Fsp3) is 0.0714. The largest absolute Gasteiger partial charge is 0.218 e. The summed E-state index contributed by atoms with van der Waals surface area (Å²) in [4.78, 5) is 0.647. The minimum atomic E-state index is -3.74. The standard InChI is InChI=1S/C14H11NO2S2/c1-11-4-6-13(7-5-11)19(16,17)14(10-15)9-12-3-2-8-18-12/h2-9H,1H3/b14-9+. The predicted molar refractivity (Wildman–Crippen MR) is 76.3 cm³/mol. The van der Waals surface area contributed by atoms with Crippen LogP contribution in [0.25, 0.3) is 6.08 Å². The zero-order chi connectivity index (χ0) is 13.9. The highest BCUT2D eigenvalue weighted by Gasteiger charge is 2.20. The minimum Gasteiger partial charge on any atom is -0.218 e. The third kappa shape index (κ3) is 2.92. The molecule has 0 saturated carbocycles. The van der Waals surface area contributed by atoms with Gasteiger partial charge in [0.2, 0.25) is 9.84 Å². The van der Waals surface area contributed by atoms with Crippen molar-refractivity contribution in [2.45, 2.75) is 11.8 Å². The van der Waals surface area contributed by atoms with Crippen molar-refractivity contribution in [3.05, 3.63) is 57.1 Å². The molecule has 3 nitrogen and oxygen atoms in total. The van der Waals surface area contributed by atoms with Crippen molar-refractivity contribution in [3.8, 4) is 6.07 Å². The Bertz CT molecular complexity index is 734. The predicted octanol–water partition coefficient (Wildman–Crippen LogP) is 3.39. The van der Waals surface area contributed by atoms with Crippen LogP contribution in [0.3, 0.4) is 0 Å². The Balaban J connectivity index is 2.49. The molecule has 0 radical (unpaired) electrons. The molecule has 5 heteroatoms. The van der Waals surface area contributed by atoms with E-state index in [0.717, 1.165) is 10.4 Å². The summed E-state index contributed by atoms with van der Waals surface area (Å²) in [6.07, 6.45) is 1.40. The zero-order valence-corrected chi connectivity index (χ0v) is 11.8. The molecule has 1 aromatic carbocycles. The molecular weight excluding hydrogens is 278 g/mol. The van der Waals surface area contributed by atoms with Crippen molar-refractivity contribution in [2.24, 2.45) is 0 Å². The molecule has 0 aliphatic rings. The van der Waals surface area contributed by atoms with Crippen molar-refractivity contribution in [3.63, 3.8) is 0 Å². The summed E-state index contributed by atoms with van der Waals surface area (Å²) in [5, 5.41) is 10.9. The first-order valence-electron chi connectivity index (χ1n) is 5.51. The highest BCUT2D eigenvalue weighted by molar-refractivity contribution is 7.95. The second kappa shape index (κ2) is 5.39. The molecule has 2 aromatic rings. The summed E-state index contributed by atoms with van der Waals surface area (Å²) >= 11 is 1.39. The van der Waals surface area contributed by atoms with Gasteiger partial charge in [0.1, 0.15) is 6.07 Å². The van der Waals surface area contributed by atoms with Crippen molar-refractivity contribution in [2.75, 3.05) is 0 Å². The number of benzene rings is 1. The number of rotatable bonds is 3. The SMILES string of the molecule is Cc1ccc(S(=O)(=O)/C(C#N)=C/c2cccs2)cc1. The van der Waals surface area contributed by atoms with E-state index in [9.17, 15) is 8.42 Å². The van der Waals surface area contributed by atoms with Crippen LogP contribution in [0.4, 0.5) is 0 Å². The van der Waals surface area contributed by atoms with E-state index in [4.69, 9.17) is 5.26 Å². The van der Waals surface area contributed by atoms with Crippen LogP contribution in [0.5, 0.6) is 0 Å². The second-order valence-electron chi connectivity index (χ2n) is 3.95. The maximum atomic E-state index is 12.3. The lowest BCUT2D eigenvalue weighted by molar-refractivity contribution is 0.603. The molecule has 0 bridgehead atoms. The molecule has 0 amide bonds. The number of allylic oxidation sites excluding steroid dienone is 1. The molecule has 0 spiro atoms. The van der Waals surface area contributed by atoms with Crippen LogP contribution in [0.15, 0.2) is 51.6 Å². The van der Waals surface area contributed by atoms with Crippen LogP contribution < -0.4 is 0 Å². The quantitative estimate of drug-likeness (QED) is 0.814. The molecule has 0 saturated heterocycles. The van der Waals surface area contributed by atoms with E-state index in [1.54, 1.807) is 24.3 Å². The Kier molecular flexibility index (Phi) is 3.84. The molecule has 0 aliphatic carbocycles. The van der Waals surface area contributed by atoms with E-state index in [2.05, 4.69) is 0 Å². The average Bonchev–Trinajstić information content (AvgIpc) is 2.89. The topological polar surface area (TPSA) is 57.9 Å². The first kappa shape index (κ1) is 13.5. The first-order chi connectivity index (χ1) is 9.04. The van der Waals surface area contributed by atoms with Gasteiger partial charge in [-0.3, -0.25) is 0 Å². The maximum Gasteiger partial charge on any atom is 0.216 e. The Morgan fingerprint density at radius 3 is 2.47 bits per heavy atom. The third-order valence-corrected chi connectivity index (χ3v) is 5.05. The van der Waals surface area contributed by atoms with Gasteiger partial charge in [-0.15, -0.1) is 11.3 Å². The van der Waals surface area contributed by atoms with Gasteiger partial charge in [-0.1, -0.05) is 23.8 Å². The lowest BCUT2D eigenvalue weighted by Gasteiger charge is -2.03. The van der Waals surface area contributed by atoms with Crippen LogP contribution >= 0.6 is 11.3 Å². The van der Waals surface area contributed by atoms with Gasteiger partial charge in [0, 0.05) is 4.88 Å². The highest BCUT2D eigenvalue weighted by atomic mass is 32.2. The van der Waals surface area contributed by atoms with E-state index >= 15 is 0 Å². The Morgan fingerprint density at radius 1 is 1.26 bits per heavy atom. The number of thiophene rings is 1. The van der Waals surface area contributed by atoms with Crippen LogP contribution in [-0.4, -0.2) is 8.42 Å². The van der Waals surface area contributed by atoms with Crippen LogP contribution in [0.1, 0.15) is 10.4 Å². The van der Waals surface area contributed by atoms with Crippen molar-refractivity contribution >= 4 is 27.3 Å². The number of nitrogens with zero attached hydrogens (tertiary/aromatic N) is 1. The summed E-state index contributed by atoms with van der Waals surface area (Å²) in [7, 11) is -3.74. The first-order valence-corrected chi connectivity index (χ1v) is 7.87. The highest BCUT2D eigenvalue weighted by Crippen LogP contribution is 2.23. The molecule has 0 aliphatic heterocycles. The molecule has 2 rings (SSSR count). The summed E-state index contributed by atoms with van der Waals surface area (Å²) in [5.41, 5.74) is 0.972. The molecule has 0 unspecified atom stereocenters. The van der Waals surface area contributed by atoms with Gasteiger partial charge in [0.25, 0.3) is 0 Å². The van der Waals surface area contributed by atoms with Crippen molar-refractivity contribution in [1.82, 2.24) is 0 Å². The number of sulfone groups is 1. The van der Waals surface area contributed by atoms with Crippen molar-refractivity contribution in [1.29, 1.82) is 5.26 Å². The van der Waals surface area contributed by atoms with Crippen LogP contribution in [0, 0.1) is 18.3 Å². The number of nitriles is 1. The molecule has 96 valence electrons. The number of hydrogen-bond donors (Lipinski definition) is 0. The Hall–Kier alpha value is -1.90. The second-order valence-corrected chi connectivity index (χ2v) is 6.85. The Labute approximate surface area is 116 Å². The van der Waals surface area contributed by atoms with E-state index in [0.29, 0.717) is 0 Å². The smallest absolute Gasteiger partial charge is 0.216 e. The number of hydrogen-bond acceptors (Lipinski definition) is 4. The molecule has 1 aromatic heterocycles. The molecule has 19 heavy (non-hydrogen) atoms. The van der Waals surface area contributed by atoms with E-state index in [1.807, 2.05) is 18.4 Å². The van der Waals surface area contributed by atoms with Crippen molar-refractivity contribution < 1.29 is 8.42 Å². The molecule has 0 N–H and O–H groups in total. The summed E-state index contributed by atoms with van der Waals surface area (Å²) in [5.74, 6) is 0. The van der Waals surface area contributed by atoms with E-state index in [1.165, 1.54) is 29.5 Å². The molecule has 0 fully saturated rings. The normalized spacial score (nSPS) is 12.1. The average molecular weight is 289 g/mol. The third-order valence-electron chi connectivity index (χ3n) is 2.55. The van der Waals surface area contributed by atoms with Gasteiger partial charge in [-0.05, 0) is 36.6 Å². The van der Waals surface area contributed by atoms with Gasteiger partial charge in [-0.25, -0.2) is 8.42 Å². The Morgan fingerprint density at radius 2 is 1.95 bits per heavy atom. The van der Waals surface area contributed by atoms with Gasteiger partial charge in [-0.2, -0.15) is 5.26 Å². The molecular formula is C14H11NO2S2. The van der Waals surface area contributed by atoms with Gasteiger partial charge in [0.15, 0.2) is 4.91 Å². The van der Waals surface area contributed by atoms with Gasteiger partial charge < -0.3 is 0 Å². The zero-order valence-electron chi connectivity index (χ0n) is 10.2. The fourth-order valence-corrected chi connectivity index (χ4v) is 3.40. The lowest BCUT2D eigenvalue weighted by Crippen LogP contribution is -2.03.